The van der Waals surface area contributed by atoms with Gasteiger partial charge in [-0.2, -0.15) is 0 Å². The van der Waals surface area contributed by atoms with Crippen molar-refractivity contribution in [1.82, 2.24) is 14.5 Å². The van der Waals surface area contributed by atoms with Crippen LogP contribution in [-0.2, 0) is 16.1 Å². The van der Waals surface area contributed by atoms with Crippen molar-refractivity contribution in [1.29, 1.82) is 0 Å². The molecule has 1 aliphatic rings. The molecule has 0 radical (unpaired) electrons. The Morgan fingerprint density at radius 2 is 2.12 bits per heavy atom. The van der Waals surface area contributed by atoms with Crippen LogP contribution in [0.3, 0.4) is 0 Å². The SMILES string of the molecule is COCCC(=O)N1CCC(Cn2c(C)cnc2-c2ccccc2)C1. The molecule has 128 valence electrons. The highest BCUT2D eigenvalue weighted by molar-refractivity contribution is 5.76. The first-order valence-electron chi connectivity index (χ1n) is 8.53. The first-order valence-corrected chi connectivity index (χ1v) is 8.53. The van der Waals surface area contributed by atoms with Crippen LogP contribution in [0.1, 0.15) is 18.5 Å². The third-order valence-corrected chi connectivity index (χ3v) is 4.69. The molecule has 0 spiro atoms. The molecule has 1 saturated heterocycles. The van der Waals surface area contributed by atoms with Crippen molar-refractivity contribution < 1.29 is 9.53 Å². The van der Waals surface area contributed by atoms with Crippen LogP contribution in [0.2, 0.25) is 0 Å². The monoisotopic (exact) mass is 327 g/mol. The summed E-state index contributed by atoms with van der Waals surface area (Å²) in [4.78, 5) is 18.7. The number of aryl methyl sites for hydroxylation is 1. The highest BCUT2D eigenvalue weighted by atomic mass is 16.5. The summed E-state index contributed by atoms with van der Waals surface area (Å²) in [5, 5.41) is 0. The van der Waals surface area contributed by atoms with Gasteiger partial charge in [0.05, 0.1) is 13.0 Å². The molecule has 1 aromatic heterocycles. The second kappa shape index (κ2) is 7.62. The van der Waals surface area contributed by atoms with Crippen molar-refractivity contribution in [3.63, 3.8) is 0 Å². The fourth-order valence-electron chi connectivity index (χ4n) is 3.32. The number of carbonyl (C=O) groups is 1. The van der Waals surface area contributed by atoms with E-state index < -0.39 is 0 Å². The van der Waals surface area contributed by atoms with Crippen LogP contribution in [0, 0.1) is 12.8 Å². The number of hydrogen-bond acceptors (Lipinski definition) is 3. The van der Waals surface area contributed by atoms with E-state index in [0.29, 0.717) is 18.9 Å². The van der Waals surface area contributed by atoms with Crippen molar-refractivity contribution in [2.24, 2.45) is 5.92 Å². The Bertz CT molecular complexity index is 681. The molecular formula is C19H25N3O2. The van der Waals surface area contributed by atoms with Gasteiger partial charge < -0.3 is 14.2 Å². The maximum atomic E-state index is 12.1. The third-order valence-electron chi connectivity index (χ3n) is 4.69. The lowest BCUT2D eigenvalue weighted by atomic mass is 10.1. The maximum absolute atomic E-state index is 12.1. The van der Waals surface area contributed by atoms with Gasteiger partial charge in [-0.15, -0.1) is 0 Å². The van der Waals surface area contributed by atoms with Gasteiger partial charge in [-0.05, 0) is 19.3 Å². The van der Waals surface area contributed by atoms with Gasteiger partial charge in [0.1, 0.15) is 5.82 Å². The minimum atomic E-state index is 0.199. The first-order chi connectivity index (χ1) is 11.7. The fourth-order valence-corrected chi connectivity index (χ4v) is 3.32. The van der Waals surface area contributed by atoms with E-state index in [4.69, 9.17) is 4.74 Å². The molecule has 2 heterocycles. The van der Waals surface area contributed by atoms with Gasteiger partial charge in [-0.25, -0.2) is 4.98 Å². The van der Waals surface area contributed by atoms with E-state index in [9.17, 15) is 4.79 Å². The number of aromatic nitrogens is 2. The number of methoxy groups -OCH3 is 1. The summed E-state index contributed by atoms with van der Waals surface area (Å²) in [5.74, 6) is 1.69. The zero-order valence-electron chi connectivity index (χ0n) is 14.4. The number of nitrogens with zero attached hydrogens (tertiary/aromatic N) is 3. The molecule has 1 aromatic carbocycles. The Morgan fingerprint density at radius 3 is 2.88 bits per heavy atom. The Morgan fingerprint density at radius 1 is 1.33 bits per heavy atom. The van der Waals surface area contributed by atoms with E-state index in [2.05, 4.69) is 28.6 Å². The molecule has 2 aromatic rings. The molecule has 0 bridgehead atoms. The van der Waals surface area contributed by atoms with Crippen LogP contribution in [0.5, 0.6) is 0 Å². The van der Waals surface area contributed by atoms with Crippen molar-refractivity contribution in [2.75, 3.05) is 26.8 Å². The van der Waals surface area contributed by atoms with Crippen LogP contribution in [-0.4, -0.2) is 47.2 Å². The highest BCUT2D eigenvalue weighted by Crippen LogP contribution is 2.24. The lowest BCUT2D eigenvalue weighted by Gasteiger charge is -2.18. The standard InChI is InChI=1S/C19H25N3O2/c1-15-12-20-19(17-6-4-3-5-7-17)22(15)14-16-8-10-21(13-16)18(23)9-11-24-2/h3-7,12,16H,8-11,13-14H2,1-2H3. The van der Waals surface area contributed by atoms with Crippen LogP contribution in [0.4, 0.5) is 0 Å². The lowest BCUT2D eigenvalue weighted by Crippen LogP contribution is -2.30. The van der Waals surface area contributed by atoms with Crippen LogP contribution in [0.25, 0.3) is 11.4 Å². The molecule has 5 nitrogen and oxygen atoms in total. The summed E-state index contributed by atoms with van der Waals surface area (Å²) in [6, 6.07) is 10.3. The van der Waals surface area contributed by atoms with E-state index >= 15 is 0 Å². The summed E-state index contributed by atoms with van der Waals surface area (Å²) in [5.41, 5.74) is 2.30. The summed E-state index contributed by atoms with van der Waals surface area (Å²) >= 11 is 0. The summed E-state index contributed by atoms with van der Waals surface area (Å²) < 4.78 is 7.29. The zero-order valence-corrected chi connectivity index (χ0v) is 14.4. The second-order valence-corrected chi connectivity index (χ2v) is 6.44. The zero-order chi connectivity index (χ0) is 16.9. The predicted molar refractivity (Wildman–Crippen MR) is 93.6 cm³/mol. The van der Waals surface area contributed by atoms with Gasteiger partial charge >= 0.3 is 0 Å². The topological polar surface area (TPSA) is 47.4 Å². The average Bonchev–Trinajstić information content (AvgIpc) is 3.22. The number of benzene rings is 1. The molecule has 1 fully saturated rings. The fraction of sp³-hybridized carbons (Fsp3) is 0.474. The second-order valence-electron chi connectivity index (χ2n) is 6.44. The van der Waals surface area contributed by atoms with Gasteiger partial charge in [0.25, 0.3) is 0 Å². The van der Waals surface area contributed by atoms with Gasteiger partial charge in [0.15, 0.2) is 0 Å². The smallest absolute Gasteiger partial charge is 0.224 e. The van der Waals surface area contributed by atoms with Crippen molar-refractivity contribution in [2.45, 2.75) is 26.3 Å². The van der Waals surface area contributed by atoms with E-state index in [1.165, 1.54) is 0 Å². The summed E-state index contributed by atoms with van der Waals surface area (Å²) in [6.45, 7) is 5.18. The maximum Gasteiger partial charge on any atom is 0.224 e. The van der Waals surface area contributed by atoms with E-state index in [-0.39, 0.29) is 5.91 Å². The van der Waals surface area contributed by atoms with Crippen LogP contribution < -0.4 is 0 Å². The number of amides is 1. The molecule has 0 saturated carbocycles. The van der Waals surface area contributed by atoms with Crippen LogP contribution in [0.15, 0.2) is 36.5 Å². The number of ether oxygens (including phenoxy) is 1. The number of hydrogen-bond donors (Lipinski definition) is 0. The first kappa shape index (κ1) is 16.7. The van der Waals surface area contributed by atoms with E-state index in [1.54, 1.807) is 7.11 Å². The molecular weight excluding hydrogens is 302 g/mol. The average molecular weight is 327 g/mol. The molecule has 1 aliphatic heterocycles. The largest absolute Gasteiger partial charge is 0.384 e. The molecule has 0 aliphatic carbocycles. The number of rotatable bonds is 6. The molecule has 3 rings (SSSR count). The highest BCUT2D eigenvalue weighted by Gasteiger charge is 2.27. The number of carbonyl (C=O) groups excluding carboxylic acids is 1. The van der Waals surface area contributed by atoms with Crippen molar-refractivity contribution in [3.8, 4) is 11.4 Å². The Labute approximate surface area is 143 Å². The lowest BCUT2D eigenvalue weighted by molar-refractivity contribution is -0.131. The summed E-state index contributed by atoms with van der Waals surface area (Å²) in [7, 11) is 1.63. The normalized spacial score (nSPS) is 17.4. The molecule has 24 heavy (non-hydrogen) atoms. The quantitative estimate of drug-likeness (QED) is 0.819. The molecule has 5 heteroatoms. The van der Waals surface area contributed by atoms with Gasteiger partial charge in [0.2, 0.25) is 5.91 Å². The van der Waals surface area contributed by atoms with E-state index in [1.807, 2.05) is 29.3 Å². The number of likely N-dealkylation sites (tertiary alicyclic amines) is 1. The van der Waals surface area contributed by atoms with Gasteiger partial charge in [-0.3, -0.25) is 4.79 Å². The van der Waals surface area contributed by atoms with Crippen LogP contribution >= 0.6 is 0 Å². The van der Waals surface area contributed by atoms with Gasteiger partial charge in [-0.1, -0.05) is 30.3 Å². The molecule has 0 N–H and O–H groups in total. The Balaban J connectivity index is 1.67. The predicted octanol–water partition coefficient (Wildman–Crippen LogP) is 2.74. The Kier molecular flexibility index (Phi) is 5.30. The molecule has 1 unspecified atom stereocenters. The van der Waals surface area contributed by atoms with Crippen molar-refractivity contribution in [3.05, 3.63) is 42.2 Å². The minimum Gasteiger partial charge on any atom is -0.384 e. The van der Waals surface area contributed by atoms with Crippen molar-refractivity contribution >= 4 is 5.91 Å². The third kappa shape index (κ3) is 3.67. The number of imidazole rings is 1. The molecule has 1 amide bonds. The van der Waals surface area contributed by atoms with Gasteiger partial charge in [0, 0.05) is 44.2 Å². The minimum absolute atomic E-state index is 0.199. The Hall–Kier alpha value is -2.14. The van der Waals surface area contributed by atoms with E-state index in [0.717, 1.165) is 43.1 Å². The molecule has 1 atom stereocenters. The summed E-state index contributed by atoms with van der Waals surface area (Å²) in [6.07, 6.45) is 3.45.